The first-order chi connectivity index (χ1) is 9.69. The van der Waals surface area contributed by atoms with Crippen molar-refractivity contribution in [2.45, 2.75) is 18.7 Å². The van der Waals surface area contributed by atoms with E-state index in [1.807, 2.05) is 19.9 Å². The first-order valence-corrected chi connectivity index (χ1v) is 9.11. The van der Waals surface area contributed by atoms with Gasteiger partial charge in [0.2, 0.25) is 0 Å². The fourth-order valence-electron chi connectivity index (χ4n) is 2.08. The van der Waals surface area contributed by atoms with Crippen molar-refractivity contribution >= 4 is 53.3 Å². The highest BCUT2D eigenvalue weighted by atomic mass is 79.9. The monoisotopic (exact) mass is 432 g/mol. The number of anilines is 2. The molecule has 2 aromatic rings. The Balaban J connectivity index is 2.48. The third-order valence-electron chi connectivity index (χ3n) is 2.76. The van der Waals surface area contributed by atoms with Gasteiger partial charge >= 0.3 is 0 Å². The molecule has 3 N–H and O–H groups in total. The van der Waals surface area contributed by atoms with Crippen LogP contribution in [0.5, 0.6) is 0 Å². The van der Waals surface area contributed by atoms with Gasteiger partial charge in [0.15, 0.2) is 0 Å². The summed E-state index contributed by atoms with van der Waals surface area (Å²) in [6.07, 6.45) is 0. The van der Waals surface area contributed by atoms with Gasteiger partial charge in [-0.1, -0.05) is 6.07 Å². The Bertz CT molecular complexity index is 761. The third-order valence-corrected chi connectivity index (χ3v) is 6.02. The predicted octanol–water partition coefficient (Wildman–Crippen LogP) is 4.21. The summed E-state index contributed by atoms with van der Waals surface area (Å²) in [5.74, 6) is 0. The van der Waals surface area contributed by atoms with Gasteiger partial charge in [0, 0.05) is 20.3 Å². The van der Waals surface area contributed by atoms with Crippen LogP contribution in [-0.4, -0.2) is 8.42 Å². The molecule has 0 atom stereocenters. The summed E-state index contributed by atoms with van der Waals surface area (Å²) in [7, 11) is -3.72. The Morgan fingerprint density at radius 3 is 1.90 bits per heavy atom. The Morgan fingerprint density at radius 1 is 0.952 bits per heavy atom. The molecule has 0 spiro atoms. The molecule has 0 amide bonds. The summed E-state index contributed by atoms with van der Waals surface area (Å²) < 4.78 is 28.5. The summed E-state index contributed by atoms with van der Waals surface area (Å²) in [6.45, 7) is 3.83. The highest BCUT2D eigenvalue weighted by Crippen LogP contribution is 2.33. The number of nitrogen functional groups attached to an aromatic ring is 1. The lowest BCUT2D eigenvalue weighted by Crippen LogP contribution is -2.14. The van der Waals surface area contributed by atoms with E-state index in [1.165, 1.54) is 0 Å². The number of rotatable bonds is 3. The first-order valence-electron chi connectivity index (χ1n) is 6.04. The van der Waals surface area contributed by atoms with Crippen molar-refractivity contribution in [3.63, 3.8) is 0 Å². The van der Waals surface area contributed by atoms with Gasteiger partial charge in [-0.05, 0) is 81.1 Å². The maximum atomic E-state index is 12.6. The van der Waals surface area contributed by atoms with Crippen molar-refractivity contribution in [1.82, 2.24) is 0 Å². The number of nitrogens with two attached hydrogens (primary N) is 1. The summed E-state index contributed by atoms with van der Waals surface area (Å²) in [5, 5.41) is 0. The molecule has 0 aromatic heterocycles. The molecule has 0 saturated heterocycles. The molecule has 0 unspecified atom stereocenters. The quantitative estimate of drug-likeness (QED) is 0.712. The molecule has 21 heavy (non-hydrogen) atoms. The largest absolute Gasteiger partial charge is 0.399 e. The summed E-state index contributed by atoms with van der Waals surface area (Å²) in [4.78, 5) is 0.121. The van der Waals surface area contributed by atoms with Gasteiger partial charge < -0.3 is 5.73 Å². The molecule has 0 aliphatic rings. The van der Waals surface area contributed by atoms with E-state index in [9.17, 15) is 8.42 Å². The number of hydrogen-bond acceptors (Lipinski definition) is 3. The minimum atomic E-state index is -3.72. The van der Waals surface area contributed by atoms with E-state index in [-0.39, 0.29) is 4.90 Å². The van der Waals surface area contributed by atoms with Crippen LogP contribution in [0.25, 0.3) is 0 Å². The van der Waals surface area contributed by atoms with Crippen LogP contribution in [0, 0.1) is 13.8 Å². The number of nitrogens with one attached hydrogen (secondary N) is 1. The first kappa shape index (κ1) is 16.3. The van der Waals surface area contributed by atoms with Gasteiger partial charge in [-0.2, -0.15) is 0 Å². The van der Waals surface area contributed by atoms with Crippen molar-refractivity contribution in [2.75, 3.05) is 10.5 Å². The molecule has 112 valence electrons. The second kappa shape index (κ2) is 5.98. The minimum Gasteiger partial charge on any atom is -0.399 e. The Morgan fingerprint density at radius 2 is 1.43 bits per heavy atom. The van der Waals surface area contributed by atoms with Crippen LogP contribution in [0.15, 0.2) is 44.2 Å². The van der Waals surface area contributed by atoms with Crippen LogP contribution in [0.4, 0.5) is 11.4 Å². The van der Waals surface area contributed by atoms with Crippen LogP contribution in [0.3, 0.4) is 0 Å². The van der Waals surface area contributed by atoms with Gasteiger partial charge in [-0.15, -0.1) is 0 Å². The second-order valence-electron chi connectivity index (χ2n) is 4.80. The number of benzene rings is 2. The fraction of sp³-hybridized carbons (Fsp3) is 0.143. The molecule has 0 radical (unpaired) electrons. The van der Waals surface area contributed by atoms with Gasteiger partial charge in [0.25, 0.3) is 10.0 Å². The van der Waals surface area contributed by atoms with Crippen LogP contribution in [-0.2, 0) is 10.0 Å². The number of sulfonamides is 1. The van der Waals surface area contributed by atoms with Crippen LogP contribution in [0.1, 0.15) is 11.1 Å². The molecule has 0 aliphatic carbocycles. The zero-order chi connectivity index (χ0) is 15.8. The Labute approximate surface area is 141 Å². The molecule has 0 fully saturated rings. The van der Waals surface area contributed by atoms with Gasteiger partial charge in [-0.25, -0.2) is 8.42 Å². The molecular formula is C14H14Br2N2O2S. The van der Waals surface area contributed by atoms with E-state index in [0.29, 0.717) is 20.3 Å². The maximum Gasteiger partial charge on any atom is 0.264 e. The smallest absolute Gasteiger partial charge is 0.264 e. The standard InChI is InChI=1S/C14H14Br2N2O2S/c1-8-3-9(2)5-11(4-8)18-21(19,20)14-12(15)6-10(17)7-13(14)16/h3-7,18H,17H2,1-2H3. The topological polar surface area (TPSA) is 72.2 Å². The average Bonchev–Trinajstić information content (AvgIpc) is 2.23. The maximum absolute atomic E-state index is 12.6. The molecule has 2 rings (SSSR count). The minimum absolute atomic E-state index is 0.121. The average molecular weight is 434 g/mol. The van der Waals surface area contributed by atoms with Gasteiger partial charge in [0.05, 0.1) is 0 Å². The molecular weight excluding hydrogens is 420 g/mol. The predicted molar refractivity (Wildman–Crippen MR) is 93.0 cm³/mol. The summed E-state index contributed by atoms with van der Waals surface area (Å²) in [6, 6.07) is 8.65. The van der Waals surface area contributed by atoms with Crippen molar-refractivity contribution in [3.8, 4) is 0 Å². The van der Waals surface area contributed by atoms with E-state index in [1.54, 1.807) is 24.3 Å². The summed E-state index contributed by atoms with van der Waals surface area (Å²) in [5.41, 5.74) is 8.67. The van der Waals surface area contributed by atoms with Crippen molar-refractivity contribution in [3.05, 3.63) is 50.4 Å². The molecule has 0 heterocycles. The van der Waals surface area contributed by atoms with Crippen LogP contribution >= 0.6 is 31.9 Å². The van der Waals surface area contributed by atoms with E-state index in [2.05, 4.69) is 36.6 Å². The van der Waals surface area contributed by atoms with Crippen molar-refractivity contribution in [2.24, 2.45) is 0 Å². The van der Waals surface area contributed by atoms with E-state index in [0.717, 1.165) is 11.1 Å². The lowest BCUT2D eigenvalue weighted by atomic mass is 10.1. The number of halogens is 2. The Kier molecular flexibility index (Phi) is 4.65. The lowest BCUT2D eigenvalue weighted by Gasteiger charge is -2.13. The normalized spacial score (nSPS) is 11.4. The van der Waals surface area contributed by atoms with Crippen molar-refractivity contribution < 1.29 is 8.42 Å². The second-order valence-corrected chi connectivity index (χ2v) is 8.12. The molecule has 0 aliphatic heterocycles. The van der Waals surface area contributed by atoms with Crippen molar-refractivity contribution in [1.29, 1.82) is 0 Å². The molecule has 7 heteroatoms. The van der Waals surface area contributed by atoms with E-state index in [4.69, 9.17) is 5.73 Å². The highest BCUT2D eigenvalue weighted by molar-refractivity contribution is 9.11. The summed E-state index contributed by atoms with van der Waals surface area (Å²) >= 11 is 6.49. The molecule has 0 saturated carbocycles. The fourth-order valence-corrected chi connectivity index (χ4v) is 5.74. The number of hydrogen-bond donors (Lipinski definition) is 2. The SMILES string of the molecule is Cc1cc(C)cc(NS(=O)(=O)c2c(Br)cc(N)cc2Br)c1. The molecule has 4 nitrogen and oxygen atoms in total. The van der Waals surface area contributed by atoms with Crippen LogP contribution in [0.2, 0.25) is 0 Å². The molecule has 2 aromatic carbocycles. The van der Waals surface area contributed by atoms with E-state index < -0.39 is 10.0 Å². The molecule has 0 bridgehead atoms. The number of aryl methyl sites for hydroxylation is 2. The van der Waals surface area contributed by atoms with Crippen LogP contribution < -0.4 is 10.5 Å². The highest BCUT2D eigenvalue weighted by Gasteiger charge is 2.22. The zero-order valence-electron chi connectivity index (χ0n) is 11.4. The van der Waals surface area contributed by atoms with Gasteiger partial charge in [-0.3, -0.25) is 4.72 Å². The Hall–Kier alpha value is -1.05. The zero-order valence-corrected chi connectivity index (χ0v) is 15.4. The lowest BCUT2D eigenvalue weighted by molar-refractivity contribution is 0.600. The third kappa shape index (κ3) is 3.78. The van der Waals surface area contributed by atoms with Gasteiger partial charge in [0.1, 0.15) is 4.90 Å². The van der Waals surface area contributed by atoms with E-state index >= 15 is 0 Å².